The van der Waals surface area contributed by atoms with Crippen LogP contribution in [0.15, 0.2) is 0 Å². The molecule has 0 radical (unpaired) electrons. The van der Waals surface area contributed by atoms with Crippen molar-refractivity contribution in [2.24, 2.45) is 0 Å². The zero-order valence-corrected chi connectivity index (χ0v) is 12.8. The molecule has 18 heavy (non-hydrogen) atoms. The molecule has 2 rings (SSSR count). The molecule has 2 bridgehead atoms. The summed E-state index contributed by atoms with van der Waals surface area (Å²) in [5, 5.41) is 3.53. The Morgan fingerprint density at radius 1 is 1.00 bits per heavy atom. The van der Waals surface area contributed by atoms with Gasteiger partial charge in [0, 0.05) is 23.7 Å². The van der Waals surface area contributed by atoms with Gasteiger partial charge in [0.2, 0.25) is 0 Å². The van der Waals surface area contributed by atoms with Gasteiger partial charge in [-0.3, -0.25) is 4.90 Å². The molecule has 0 saturated carbocycles. The second-order valence-corrected chi connectivity index (χ2v) is 6.39. The Morgan fingerprint density at radius 3 is 1.89 bits per heavy atom. The third-order valence-electron chi connectivity index (χ3n) is 5.90. The first-order chi connectivity index (χ1) is 8.70. The predicted molar refractivity (Wildman–Crippen MR) is 79.0 cm³/mol. The standard InChI is InChI=1S/C16H32N2/c1-5-16(6-2,7-3)18-14-9-8-10-15(18)12-13(11-14)17-4/h13-15,17H,5-12H2,1-4H3. The number of nitrogens with one attached hydrogen (secondary N) is 1. The minimum Gasteiger partial charge on any atom is -0.317 e. The fraction of sp³-hybridized carbons (Fsp3) is 1.00. The van der Waals surface area contributed by atoms with Gasteiger partial charge in [0.05, 0.1) is 0 Å². The van der Waals surface area contributed by atoms with Crippen molar-refractivity contribution in [2.45, 2.75) is 95.8 Å². The lowest BCUT2D eigenvalue weighted by molar-refractivity contribution is -0.0688. The van der Waals surface area contributed by atoms with E-state index in [9.17, 15) is 0 Å². The molecule has 106 valence electrons. The second kappa shape index (κ2) is 5.92. The highest BCUT2D eigenvalue weighted by molar-refractivity contribution is 5.02. The highest BCUT2D eigenvalue weighted by Crippen LogP contribution is 2.42. The van der Waals surface area contributed by atoms with Gasteiger partial charge in [-0.05, 0) is 52.0 Å². The first kappa shape index (κ1) is 14.3. The third kappa shape index (κ3) is 2.34. The van der Waals surface area contributed by atoms with E-state index in [4.69, 9.17) is 0 Å². The molecule has 2 atom stereocenters. The number of piperidine rings is 2. The highest BCUT2D eigenvalue weighted by atomic mass is 15.3. The summed E-state index contributed by atoms with van der Waals surface area (Å²) in [5.74, 6) is 0. The summed E-state index contributed by atoms with van der Waals surface area (Å²) in [5.41, 5.74) is 0.481. The lowest BCUT2D eigenvalue weighted by atomic mass is 9.75. The number of rotatable bonds is 5. The Kier molecular flexibility index (Phi) is 4.71. The van der Waals surface area contributed by atoms with Crippen LogP contribution >= 0.6 is 0 Å². The van der Waals surface area contributed by atoms with E-state index < -0.39 is 0 Å². The summed E-state index contributed by atoms with van der Waals surface area (Å²) in [6, 6.07) is 2.45. The molecular formula is C16H32N2. The Labute approximate surface area is 114 Å². The van der Waals surface area contributed by atoms with E-state index >= 15 is 0 Å². The summed E-state index contributed by atoms with van der Waals surface area (Å²) >= 11 is 0. The van der Waals surface area contributed by atoms with Crippen LogP contribution < -0.4 is 5.32 Å². The number of hydrogen-bond donors (Lipinski definition) is 1. The van der Waals surface area contributed by atoms with Crippen LogP contribution in [-0.4, -0.2) is 35.6 Å². The van der Waals surface area contributed by atoms with E-state index in [1.54, 1.807) is 0 Å². The predicted octanol–water partition coefficient (Wildman–Crippen LogP) is 3.56. The lowest BCUT2D eigenvalue weighted by Gasteiger charge is -2.57. The average molecular weight is 252 g/mol. The van der Waals surface area contributed by atoms with Crippen molar-refractivity contribution >= 4 is 0 Å². The van der Waals surface area contributed by atoms with Crippen LogP contribution in [0.25, 0.3) is 0 Å². The van der Waals surface area contributed by atoms with Crippen LogP contribution in [0.2, 0.25) is 0 Å². The number of nitrogens with zero attached hydrogens (tertiary/aromatic N) is 1. The van der Waals surface area contributed by atoms with Crippen LogP contribution in [0.5, 0.6) is 0 Å². The normalized spacial score (nSPS) is 33.7. The molecule has 2 unspecified atom stereocenters. The molecule has 2 aliphatic heterocycles. The molecule has 2 heteroatoms. The van der Waals surface area contributed by atoms with Gasteiger partial charge < -0.3 is 5.32 Å². The maximum absolute atomic E-state index is 3.53. The van der Waals surface area contributed by atoms with Gasteiger partial charge in [0.15, 0.2) is 0 Å². The van der Waals surface area contributed by atoms with Crippen molar-refractivity contribution in [3.8, 4) is 0 Å². The molecule has 0 aromatic carbocycles. The Bertz CT molecular complexity index is 238. The molecule has 2 heterocycles. The Morgan fingerprint density at radius 2 is 1.50 bits per heavy atom. The van der Waals surface area contributed by atoms with E-state index in [1.807, 2.05) is 0 Å². The fourth-order valence-corrected chi connectivity index (χ4v) is 4.69. The minimum absolute atomic E-state index is 0.481. The summed E-state index contributed by atoms with van der Waals surface area (Å²) in [7, 11) is 2.14. The summed E-state index contributed by atoms with van der Waals surface area (Å²) in [6.45, 7) is 7.19. The maximum atomic E-state index is 3.53. The first-order valence-corrected chi connectivity index (χ1v) is 8.16. The van der Waals surface area contributed by atoms with E-state index in [0.717, 1.165) is 18.1 Å². The van der Waals surface area contributed by atoms with E-state index in [2.05, 4.69) is 38.0 Å². The van der Waals surface area contributed by atoms with Crippen molar-refractivity contribution in [3.63, 3.8) is 0 Å². The van der Waals surface area contributed by atoms with Gasteiger partial charge in [-0.15, -0.1) is 0 Å². The topological polar surface area (TPSA) is 15.3 Å². The van der Waals surface area contributed by atoms with Crippen LogP contribution in [0.3, 0.4) is 0 Å². The molecular weight excluding hydrogens is 220 g/mol. The first-order valence-electron chi connectivity index (χ1n) is 8.16. The van der Waals surface area contributed by atoms with Crippen LogP contribution in [0.1, 0.15) is 72.1 Å². The van der Waals surface area contributed by atoms with E-state index in [1.165, 1.54) is 51.4 Å². The van der Waals surface area contributed by atoms with Gasteiger partial charge in [-0.1, -0.05) is 27.2 Å². The molecule has 2 aliphatic rings. The number of fused-ring (bicyclic) bond motifs is 2. The maximum Gasteiger partial charge on any atom is 0.0207 e. The minimum atomic E-state index is 0.481. The fourth-order valence-electron chi connectivity index (χ4n) is 4.69. The van der Waals surface area contributed by atoms with Crippen LogP contribution in [-0.2, 0) is 0 Å². The summed E-state index contributed by atoms with van der Waals surface area (Å²) < 4.78 is 0. The Hall–Kier alpha value is -0.0800. The van der Waals surface area contributed by atoms with Crippen molar-refractivity contribution in [3.05, 3.63) is 0 Å². The summed E-state index contributed by atoms with van der Waals surface area (Å²) in [4.78, 5) is 2.96. The van der Waals surface area contributed by atoms with Gasteiger partial charge in [-0.25, -0.2) is 0 Å². The van der Waals surface area contributed by atoms with Gasteiger partial charge in [-0.2, -0.15) is 0 Å². The van der Waals surface area contributed by atoms with Crippen molar-refractivity contribution in [2.75, 3.05) is 7.05 Å². The molecule has 0 aliphatic carbocycles. The van der Waals surface area contributed by atoms with Crippen LogP contribution in [0.4, 0.5) is 0 Å². The molecule has 1 N–H and O–H groups in total. The van der Waals surface area contributed by atoms with Crippen molar-refractivity contribution in [1.29, 1.82) is 0 Å². The van der Waals surface area contributed by atoms with Crippen molar-refractivity contribution < 1.29 is 0 Å². The average Bonchev–Trinajstić information content (AvgIpc) is 2.40. The zero-order chi connectivity index (χ0) is 13.2. The molecule has 0 aromatic rings. The smallest absolute Gasteiger partial charge is 0.0207 e. The number of hydrogen-bond acceptors (Lipinski definition) is 2. The Balaban J connectivity index is 2.21. The zero-order valence-electron chi connectivity index (χ0n) is 12.8. The summed E-state index contributed by atoms with van der Waals surface area (Å²) in [6.07, 6.45) is 11.0. The van der Waals surface area contributed by atoms with Gasteiger partial charge in [0.25, 0.3) is 0 Å². The molecule has 0 spiro atoms. The largest absolute Gasteiger partial charge is 0.317 e. The van der Waals surface area contributed by atoms with Gasteiger partial charge >= 0.3 is 0 Å². The van der Waals surface area contributed by atoms with Crippen LogP contribution in [0, 0.1) is 0 Å². The molecule has 2 fully saturated rings. The monoisotopic (exact) mass is 252 g/mol. The SMILES string of the molecule is CCC(CC)(CC)N1C2CCCC1CC(NC)C2. The van der Waals surface area contributed by atoms with Gasteiger partial charge in [0.1, 0.15) is 0 Å². The van der Waals surface area contributed by atoms with E-state index in [-0.39, 0.29) is 0 Å². The van der Waals surface area contributed by atoms with E-state index in [0.29, 0.717) is 5.54 Å². The third-order valence-corrected chi connectivity index (χ3v) is 5.90. The highest BCUT2D eigenvalue weighted by Gasteiger charge is 2.46. The molecule has 0 aromatic heterocycles. The van der Waals surface area contributed by atoms with Crippen molar-refractivity contribution in [1.82, 2.24) is 10.2 Å². The second-order valence-electron chi connectivity index (χ2n) is 6.39. The molecule has 2 saturated heterocycles. The lowest BCUT2D eigenvalue weighted by Crippen LogP contribution is -2.64. The quantitative estimate of drug-likeness (QED) is 0.805. The molecule has 0 amide bonds. The molecule has 2 nitrogen and oxygen atoms in total.